The Balaban J connectivity index is 2.16. The topological polar surface area (TPSA) is 105 Å². The molecule has 7 heteroatoms. The van der Waals surface area contributed by atoms with Crippen LogP contribution in [0.2, 0.25) is 0 Å². The number of anilines is 5. The third-order valence-electron chi connectivity index (χ3n) is 2.59. The zero-order chi connectivity index (χ0) is 14.5. The number of benzene rings is 1. The lowest BCUT2D eigenvalue weighted by molar-refractivity contribution is -0.114. The van der Waals surface area contributed by atoms with Gasteiger partial charge in [0.2, 0.25) is 5.91 Å². The minimum absolute atomic E-state index is 0.107. The summed E-state index contributed by atoms with van der Waals surface area (Å²) in [6.07, 6.45) is 1.43. The van der Waals surface area contributed by atoms with Gasteiger partial charge in [0.1, 0.15) is 12.0 Å². The molecule has 5 N–H and O–H groups in total. The predicted octanol–water partition coefficient (Wildman–Crippen LogP) is 1.80. The van der Waals surface area contributed by atoms with Gasteiger partial charge in [0, 0.05) is 25.3 Å². The van der Waals surface area contributed by atoms with Gasteiger partial charge in [0.25, 0.3) is 0 Å². The highest BCUT2D eigenvalue weighted by Gasteiger charge is 2.06. The van der Waals surface area contributed by atoms with E-state index < -0.39 is 0 Å². The van der Waals surface area contributed by atoms with E-state index in [0.717, 1.165) is 11.4 Å². The maximum absolute atomic E-state index is 10.9. The molecule has 7 nitrogen and oxygen atoms in total. The zero-order valence-corrected chi connectivity index (χ0v) is 11.3. The summed E-state index contributed by atoms with van der Waals surface area (Å²) in [4.78, 5) is 19.0. The molecule has 20 heavy (non-hydrogen) atoms. The highest BCUT2D eigenvalue weighted by atomic mass is 16.1. The second kappa shape index (κ2) is 5.87. The fourth-order valence-electron chi connectivity index (χ4n) is 1.67. The minimum Gasteiger partial charge on any atom is -0.393 e. The van der Waals surface area contributed by atoms with Crippen LogP contribution in [0.25, 0.3) is 0 Å². The van der Waals surface area contributed by atoms with Crippen LogP contribution in [0, 0.1) is 0 Å². The fourth-order valence-corrected chi connectivity index (χ4v) is 1.67. The van der Waals surface area contributed by atoms with Crippen LogP contribution in [0.5, 0.6) is 0 Å². The lowest BCUT2D eigenvalue weighted by Crippen LogP contribution is -2.06. The Morgan fingerprint density at radius 3 is 2.30 bits per heavy atom. The van der Waals surface area contributed by atoms with Crippen molar-refractivity contribution in [1.82, 2.24) is 9.97 Å². The first-order chi connectivity index (χ1) is 9.60. The van der Waals surface area contributed by atoms with Crippen molar-refractivity contribution >= 4 is 34.6 Å². The summed E-state index contributed by atoms with van der Waals surface area (Å²) in [7, 11) is 1.74. The van der Waals surface area contributed by atoms with Crippen molar-refractivity contribution in [1.29, 1.82) is 0 Å². The number of aromatic nitrogens is 2. The molecule has 104 valence electrons. The monoisotopic (exact) mass is 272 g/mol. The van der Waals surface area contributed by atoms with E-state index in [-0.39, 0.29) is 5.91 Å². The second-order valence-electron chi connectivity index (χ2n) is 4.12. The average molecular weight is 272 g/mol. The van der Waals surface area contributed by atoms with Crippen LogP contribution in [-0.4, -0.2) is 22.9 Å². The van der Waals surface area contributed by atoms with Crippen molar-refractivity contribution in [2.75, 3.05) is 28.7 Å². The van der Waals surface area contributed by atoms with E-state index in [0.29, 0.717) is 17.3 Å². The third kappa shape index (κ3) is 3.14. The van der Waals surface area contributed by atoms with Crippen molar-refractivity contribution in [2.24, 2.45) is 0 Å². The van der Waals surface area contributed by atoms with E-state index in [4.69, 9.17) is 5.73 Å². The van der Waals surface area contributed by atoms with E-state index in [1.54, 1.807) is 19.2 Å². The molecule has 0 aliphatic rings. The van der Waals surface area contributed by atoms with E-state index in [9.17, 15) is 4.79 Å². The average Bonchev–Trinajstić information content (AvgIpc) is 2.43. The summed E-state index contributed by atoms with van der Waals surface area (Å²) in [6, 6.07) is 7.23. The van der Waals surface area contributed by atoms with Crippen LogP contribution in [0.3, 0.4) is 0 Å². The molecule has 1 amide bonds. The van der Waals surface area contributed by atoms with Crippen molar-refractivity contribution in [3.05, 3.63) is 30.6 Å². The Hall–Kier alpha value is -2.83. The zero-order valence-electron chi connectivity index (χ0n) is 11.3. The molecule has 1 aromatic carbocycles. The van der Waals surface area contributed by atoms with E-state index in [1.165, 1.54) is 13.3 Å². The van der Waals surface area contributed by atoms with Crippen LogP contribution in [0.1, 0.15) is 6.92 Å². The molecule has 1 aromatic heterocycles. The number of nitrogens with one attached hydrogen (secondary N) is 3. The Kier molecular flexibility index (Phi) is 3.99. The van der Waals surface area contributed by atoms with Gasteiger partial charge >= 0.3 is 0 Å². The molecule has 0 spiro atoms. The van der Waals surface area contributed by atoms with Gasteiger partial charge in [-0.1, -0.05) is 0 Å². The van der Waals surface area contributed by atoms with Crippen LogP contribution in [0.15, 0.2) is 30.6 Å². The Morgan fingerprint density at radius 1 is 1.10 bits per heavy atom. The number of carbonyl (C=O) groups is 1. The molecule has 0 saturated carbocycles. The number of amides is 1. The third-order valence-corrected chi connectivity index (χ3v) is 2.59. The Labute approximate surface area is 116 Å². The lowest BCUT2D eigenvalue weighted by atomic mass is 10.2. The molecule has 2 aromatic rings. The molecule has 0 saturated heterocycles. The number of nitrogens with two attached hydrogens (primary N) is 1. The molecule has 0 radical (unpaired) electrons. The molecule has 0 bridgehead atoms. The van der Waals surface area contributed by atoms with Crippen molar-refractivity contribution < 1.29 is 4.79 Å². The van der Waals surface area contributed by atoms with Gasteiger partial charge in [-0.25, -0.2) is 9.97 Å². The van der Waals surface area contributed by atoms with Gasteiger partial charge in [-0.3, -0.25) is 4.79 Å². The molecular weight excluding hydrogens is 256 g/mol. The predicted molar refractivity (Wildman–Crippen MR) is 80.0 cm³/mol. The van der Waals surface area contributed by atoms with Crippen molar-refractivity contribution in [2.45, 2.75) is 6.92 Å². The molecule has 1 heterocycles. The van der Waals surface area contributed by atoms with Crippen molar-refractivity contribution in [3.63, 3.8) is 0 Å². The summed E-state index contributed by atoms with van der Waals surface area (Å²) in [5.74, 6) is 0.985. The SMILES string of the molecule is CNc1ncnc(Nc2ccc(NC(C)=O)cc2)c1N. The molecule has 0 aliphatic heterocycles. The summed E-state index contributed by atoms with van der Waals surface area (Å²) in [5.41, 5.74) is 7.92. The standard InChI is InChI=1S/C13H16N6O/c1-8(20)18-9-3-5-10(6-4-9)19-13-11(14)12(15-2)16-7-17-13/h3-7H,14H2,1-2H3,(H,18,20)(H2,15,16,17,19). The molecule has 0 atom stereocenters. The van der Waals surface area contributed by atoms with Crippen molar-refractivity contribution in [3.8, 4) is 0 Å². The summed E-state index contributed by atoms with van der Waals surface area (Å²) in [6.45, 7) is 1.47. The smallest absolute Gasteiger partial charge is 0.221 e. The Bertz CT molecular complexity index is 611. The molecule has 0 aliphatic carbocycles. The van der Waals surface area contributed by atoms with Gasteiger partial charge in [-0.15, -0.1) is 0 Å². The van der Waals surface area contributed by atoms with Gasteiger partial charge < -0.3 is 21.7 Å². The van der Waals surface area contributed by atoms with Crippen LogP contribution in [-0.2, 0) is 4.79 Å². The second-order valence-corrected chi connectivity index (χ2v) is 4.12. The highest BCUT2D eigenvalue weighted by Crippen LogP contribution is 2.25. The van der Waals surface area contributed by atoms with E-state index >= 15 is 0 Å². The molecule has 0 fully saturated rings. The Morgan fingerprint density at radius 2 is 1.70 bits per heavy atom. The molecular formula is C13H16N6O. The first-order valence-corrected chi connectivity index (χ1v) is 6.03. The number of rotatable bonds is 4. The van der Waals surface area contributed by atoms with Gasteiger partial charge in [-0.2, -0.15) is 0 Å². The largest absolute Gasteiger partial charge is 0.393 e. The number of nitrogens with zero attached hydrogens (tertiary/aromatic N) is 2. The van der Waals surface area contributed by atoms with E-state index in [1.807, 2.05) is 12.1 Å². The first kappa shape index (κ1) is 13.6. The highest BCUT2D eigenvalue weighted by molar-refractivity contribution is 5.89. The first-order valence-electron chi connectivity index (χ1n) is 6.03. The summed E-state index contributed by atoms with van der Waals surface area (Å²) >= 11 is 0. The van der Waals surface area contributed by atoms with Gasteiger partial charge in [-0.05, 0) is 24.3 Å². The summed E-state index contributed by atoms with van der Waals surface area (Å²) in [5, 5.41) is 8.69. The molecule has 2 rings (SSSR count). The number of hydrogen-bond donors (Lipinski definition) is 4. The molecule has 0 unspecified atom stereocenters. The van der Waals surface area contributed by atoms with Crippen LogP contribution < -0.4 is 21.7 Å². The van der Waals surface area contributed by atoms with Gasteiger partial charge in [0.05, 0.1) is 0 Å². The van der Waals surface area contributed by atoms with Crippen LogP contribution >= 0.6 is 0 Å². The number of nitrogen functional groups attached to an aromatic ring is 1. The maximum atomic E-state index is 10.9. The summed E-state index contributed by atoms with van der Waals surface area (Å²) < 4.78 is 0. The van der Waals surface area contributed by atoms with E-state index in [2.05, 4.69) is 25.9 Å². The minimum atomic E-state index is -0.107. The van der Waals surface area contributed by atoms with Crippen LogP contribution in [0.4, 0.5) is 28.7 Å². The lowest BCUT2D eigenvalue weighted by Gasteiger charge is -2.11. The number of hydrogen-bond acceptors (Lipinski definition) is 6. The maximum Gasteiger partial charge on any atom is 0.221 e. The quantitative estimate of drug-likeness (QED) is 0.676. The van der Waals surface area contributed by atoms with Gasteiger partial charge in [0.15, 0.2) is 11.6 Å². The normalized spacial score (nSPS) is 9.90. The number of carbonyl (C=O) groups excluding carboxylic acids is 1. The fraction of sp³-hybridized carbons (Fsp3) is 0.154.